The van der Waals surface area contributed by atoms with Gasteiger partial charge in [0.15, 0.2) is 5.60 Å². The molecule has 190 valence electrons. The topological polar surface area (TPSA) is 125 Å². The SMILES string of the molecule is CC[C@@]1(O)C(=O)OCc2c1cc1n(c2=O)Cc2c-1nc1cc(F)c(C)c3c1c2[C@@H](C1(C(N)=O)CC1)CC3. The van der Waals surface area contributed by atoms with Crippen LogP contribution in [0.3, 0.4) is 0 Å². The van der Waals surface area contributed by atoms with Crippen molar-refractivity contribution in [1.82, 2.24) is 9.55 Å². The van der Waals surface area contributed by atoms with Crippen LogP contribution >= 0.6 is 0 Å². The zero-order valence-corrected chi connectivity index (χ0v) is 20.6. The minimum absolute atomic E-state index is 0.0437. The van der Waals surface area contributed by atoms with Crippen LogP contribution in [0.5, 0.6) is 0 Å². The van der Waals surface area contributed by atoms with Crippen molar-refractivity contribution in [2.24, 2.45) is 11.1 Å². The van der Waals surface area contributed by atoms with Gasteiger partial charge in [0.2, 0.25) is 5.91 Å². The molecule has 3 N–H and O–H groups in total. The van der Waals surface area contributed by atoms with Gasteiger partial charge in [0.25, 0.3) is 5.56 Å². The van der Waals surface area contributed by atoms with E-state index in [1.54, 1.807) is 24.5 Å². The quantitative estimate of drug-likeness (QED) is 0.414. The van der Waals surface area contributed by atoms with Crippen molar-refractivity contribution in [3.05, 3.63) is 61.7 Å². The fourth-order valence-corrected chi connectivity index (χ4v) is 7.01. The Morgan fingerprint density at radius 1 is 1.27 bits per heavy atom. The molecule has 9 heteroatoms. The lowest BCUT2D eigenvalue weighted by Gasteiger charge is -2.33. The smallest absolute Gasteiger partial charge is 0.343 e. The van der Waals surface area contributed by atoms with Crippen molar-refractivity contribution in [3.8, 4) is 11.4 Å². The zero-order valence-electron chi connectivity index (χ0n) is 20.6. The van der Waals surface area contributed by atoms with Crippen LogP contribution in [0.25, 0.3) is 22.3 Å². The third-order valence-corrected chi connectivity index (χ3v) is 9.32. The Labute approximate surface area is 211 Å². The van der Waals surface area contributed by atoms with Gasteiger partial charge in [0.1, 0.15) is 12.4 Å². The maximum absolute atomic E-state index is 15.0. The molecule has 3 aromatic rings. The second-order valence-electron chi connectivity index (χ2n) is 10.9. The van der Waals surface area contributed by atoms with E-state index in [-0.39, 0.29) is 53.9 Å². The first-order valence-electron chi connectivity index (χ1n) is 12.7. The molecule has 0 spiro atoms. The molecule has 2 aliphatic heterocycles. The molecule has 0 saturated heterocycles. The highest BCUT2D eigenvalue weighted by Crippen LogP contribution is 2.61. The molecule has 1 aromatic carbocycles. The Morgan fingerprint density at radius 2 is 2.03 bits per heavy atom. The molecule has 7 rings (SSSR count). The van der Waals surface area contributed by atoms with Gasteiger partial charge in [-0.15, -0.1) is 0 Å². The lowest BCUT2D eigenvalue weighted by atomic mass is 9.71. The molecule has 8 nitrogen and oxygen atoms in total. The first-order chi connectivity index (χ1) is 17.6. The predicted octanol–water partition coefficient (Wildman–Crippen LogP) is 2.82. The van der Waals surface area contributed by atoms with Gasteiger partial charge in [-0.05, 0) is 67.7 Å². The first-order valence-corrected chi connectivity index (χ1v) is 12.7. The summed E-state index contributed by atoms with van der Waals surface area (Å²) in [5.74, 6) is -1.62. The van der Waals surface area contributed by atoms with Crippen LogP contribution in [0.4, 0.5) is 4.39 Å². The number of cyclic esters (lactones) is 1. The van der Waals surface area contributed by atoms with Crippen LogP contribution in [0.1, 0.15) is 71.9 Å². The molecule has 0 radical (unpaired) electrons. The maximum atomic E-state index is 15.0. The number of amides is 1. The molecule has 0 unspecified atom stereocenters. The minimum atomic E-state index is -1.93. The van der Waals surface area contributed by atoms with Gasteiger partial charge in [-0.3, -0.25) is 9.59 Å². The van der Waals surface area contributed by atoms with E-state index in [2.05, 4.69) is 0 Å². The molecule has 1 fully saturated rings. The number of ether oxygens (including phenoxy) is 1. The average molecular weight is 504 g/mol. The predicted molar refractivity (Wildman–Crippen MR) is 131 cm³/mol. The van der Waals surface area contributed by atoms with Crippen LogP contribution in [0.15, 0.2) is 16.9 Å². The third-order valence-electron chi connectivity index (χ3n) is 9.32. The Bertz CT molecular complexity index is 1670. The van der Waals surface area contributed by atoms with E-state index in [4.69, 9.17) is 15.5 Å². The number of hydrogen-bond donors (Lipinski definition) is 2. The second-order valence-corrected chi connectivity index (χ2v) is 10.9. The summed E-state index contributed by atoms with van der Waals surface area (Å²) in [5, 5.41) is 12.0. The van der Waals surface area contributed by atoms with E-state index in [0.29, 0.717) is 48.2 Å². The summed E-state index contributed by atoms with van der Waals surface area (Å²) in [4.78, 5) is 43.7. The monoisotopic (exact) mass is 503 g/mol. The average Bonchev–Trinajstić information content (AvgIpc) is 3.61. The van der Waals surface area contributed by atoms with Crippen LogP contribution in [-0.2, 0) is 39.5 Å². The largest absolute Gasteiger partial charge is 0.458 e. The molecule has 2 atom stereocenters. The number of aromatic nitrogens is 2. The highest BCUT2D eigenvalue weighted by atomic mass is 19.1. The molecule has 37 heavy (non-hydrogen) atoms. The van der Waals surface area contributed by atoms with Crippen molar-refractivity contribution >= 4 is 22.8 Å². The van der Waals surface area contributed by atoms with Gasteiger partial charge in [-0.2, -0.15) is 0 Å². The first kappa shape index (κ1) is 22.6. The normalized spacial score (nSPS) is 24.3. The number of nitrogens with zero attached hydrogens (tertiary/aromatic N) is 2. The summed E-state index contributed by atoms with van der Waals surface area (Å²) in [7, 11) is 0. The highest BCUT2D eigenvalue weighted by molar-refractivity contribution is 5.95. The number of fused-ring (bicyclic) bond motifs is 5. The van der Waals surface area contributed by atoms with Crippen molar-refractivity contribution in [3.63, 3.8) is 0 Å². The van der Waals surface area contributed by atoms with E-state index in [1.165, 1.54) is 6.07 Å². The number of hydrogen-bond acceptors (Lipinski definition) is 6. The number of nitrogens with two attached hydrogens (primary N) is 1. The fourth-order valence-electron chi connectivity index (χ4n) is 7.01. The summed E-state index contributed by atoms with van der Waals surface area (Å²) in [6.45, 7) is 3.43. The number of primary amides is 1. The summed E-state index contributed by atoms with van der Waals surface area (Å²) in [5.41, 5.74) is 8.13. The van der Waals surface area contributed by atoms with Crippen molar-refractivity contribution in [2.45, 2.75) is 70.6 Å². The number of aliphatic hydroxyl groups is 1. The Kier molecular flexibility index (Phi) is 4.30. The minimum Gasteiger partial charge on any atom is -0.458 e. The molecule has 1 amide bonds. The van der Waals surface area contributed by atoms with Gasteiger partial charge in [0.05, 0.1) is 34.4 Å². The molecule has 2 aliphatic carbocycles. The molecular weight excluding hydrogens is 477 g/mol. The van der Waals surface area contributed by atoms with Gasteiger partial charge < -0.3 is 20.1 Å². The van der Waals surface area contributed by atoms with Crippen LogP contribution < -0.4 is 11.3 Å². The standard InChI is InChI=1S/C28H26FN3O5/c1-3-28(36)17-8-20-23-14(10-32(20)24(33)15(17)11-37-26(28)35)21-16(27(6-7-27)25(30)34)5-4-13-12(2)18(29)9-19(31-23)22(13)21/h8-9,16,36H,3-7,10-11H2,1-2H3,(H2,30,34)/t16-,28-/m0/s1. The number of pyridine rings is 2. The number of esters is 1. The summed E-state index contributed by atoms with van der Waals surface area (Å²) in [6, 6.07) is 3.07. The summed E-state index contributed by atoms with van der Waals surface area (Å²) >= 11 is 0. The third kappa shape index (κ3) is 2.65. The number of halogens is 1. The molecule has 2 aromatic heterocycles. The number of benzene rings is 1. The molecule has 4 aliphatic rings. The van der Waals surface area contributed by atoms with E-state index in [1.807, 2.05) is 0 Å². The van der Waals surface area contributed by atoms with Crippen LogP contribution in [-0.4, -0.2) is 26.5 Å². The summed E-state index contributed by atoms with van der Waals surface area (Å²) < 4.78 is 21.8. The van der Waals surface area contributed by atoms with Gasteiger partial charge >= 0.3 is 5.97 Å². The van der Waals surface area contributed by atoms with Gasteiger partial charge in [-0.25, -0.2) is 14.2 Å². The van der Waals surface area contributed by atoms with Gasteiger partial charge in [0, 0.05) is 22.6 Å². The van der Waals surface area contributed by atoms with E-state index >= 15 is 0 Å². The van der Waals surface area contributed by atoms with Crippen molar-refractivity contribution in [1.29, 1.82) is 0 Å². The van der Waals surface area contributed by atoms with E-state index < -0.39 is 17.0 Å². The lowest BCUT2D eigenvalue weighted by molar-refractivity contribution is -0.172. The molecular formula is C28H26FN3O5. The number of rotatable bonds is 3. The summed E-state index contributed by atoms with van der Waals surface area (Å²) in [6.07, 6.45) is 2.72. The van der Waals surface area contributed by atoms with E-state index in [9.17, 15) is 23.9 Å². The van der Waals surface area contributed by atoms with Crippen LogP contribution in [0.2, 0.25) is 0 Å². The number of carbonyl (C=O) groups excluding carboxylic acids is 2. The number of carbonyl (C=O) groups is 2. The van der Waals surface area contributed by atoms with E-state index in [0.717, 1.165) is 22.1 Å². The molecule has 4 heterocycles. The Morgan fingerprint density at radius 3 is 2.70 bits per heavy atom. The Balaban J connectivity index is 1.56. The lowest BCUT2D eigenvalue weighted by Crippen LogP contribution is -2.44. The molecule has 0 bridgehead atoms. The Hall–Kier alpha value is -3.59. The highest BCUT2D eigenvalue weighted by Gasteiger charge is 2.56. The zero-order chi connectivity index (χ0) is 26.0. The molecule has 1 saturated carbocycles. The van der Waals surface area contributed by atoms with Gasteiger partial charge in [-0.1, -0.05) is 6.92 Å². The fraction of sp³-hybridized carbons (Fsp3) is 0.429. The van der Waals surface area contributed by atoms with Crippen LogP contribution in [0, 0.1) is 18.2 Å². The van der Waals surface area contributed by atoms with Crippen molar-refractivity contribution in [2.75, 3.05) is 0 Å². The van der Waals surface area contributed by atoms with Crippen molar-refractivity contribution < 1.29 is 23.8 Å². The maximum Gasteiger partial charge on any atom is 0.343 e. The second kappa shape index (κ2) is 7.04. The number of aryl methyl sites for hydroxylation is 1.